The molecule has 0 spiro atoms. The van der Waals surface area contributed by atoms with Gasteiger partial charge in [-0.05, 0) is 56.0 Å². The molecule has 1 aromatic carbocycles. The molecular weight excluding hydrogens is 350 g/mol. The van der Waals surface area contributed by atoms with Crippen LogP contribution in [0.4, 0.5) is 0 Å². The van der Waals surface area contributed by atoms with Crippen molar-refractivity contribution in [2.45, 2.75) is 6.42 Å². The zero-order valence-corrected chi connectivity index (χ0v) is 12.6. The van der Waals surface area contributed by atoms with Gasteiger partial charge in [-0.1, -0.05) is 0 Å². The SMILES string of the molecule is Oc1c(Br)cc(CCN2CCOCC2)cc1Br. The molecule has 0 atom stereocenters. The number of benzene rings is 1. The van der Waals surface area contributed by atoms with Gasteiger partial charge >= 0.3 is 0 Å². The largest absolute Gasteiger partial charge is 0.506 e. The summed E-state index contributed by atoms with van der Waals surface area (Å²) in [5, 5.41) is 9.63. The Morgan fingerprint density at radius 3 is 2.35 bits per heavy atom. The smallest absolute Gasteiger partial charge is 0.143 e. The van der Waals surface area contributed by atoms with Gasteiger partial charge in [-0.25, -0.2) is 0 Å². The van der Waals surface area contributed by atoms with Crippen LogP contribution in [-0.2, 0) is 11.2 Å². The van der Waals surface area contributed by atoms with E-state index in [1.54, 1.807) is 0 Å². The maximum atomic E-state index is 9.63. The molecule has 0 radical (unpaired) electrons. The molecule has 1 saturated heterocycles. The third-order valence-electron chi connectivity index (χ3n) is 2.90. The highest BCUT2D eigenvalue weighted by Crippen LogP contribution is 2.33. The predicted octanol–water partition coefficient (Wildman–Crippen LogP) is 2.79. The summed E-state index contributed by atoms with van der Waals surface area (Å²) in [4.78, 5) is 2.40. The highest BCUT2D eigenvalue weighted by Gasteiger charge is 2.11. The molecule has 5 heteroatoms. The molecule has 0 aliphatic carbocycles. The quantitative estimate of drug-likeness (QED) is 0.895. The summed E-state index contributed by atoms with van der Waals surface area (Å²) in [6, 6.07) is 3.95. The van der Waals surface area contributed by atoms with Gasteiger partial charge in [0.15, 0.2) is 0 Å². The van der Waals surface area contributed by atoms with E-state index in [0.717, 1.165) is 48.2 Å². The monoisotopic (exact) mass is 363 g/mol. The van der Waals surface area contributed by atoms with Crippen LogP contribution in [0.5, 0.6) is 5.75 Å². The normalized spacial score (nSPS) is 17.3. The molecule has 1 heterocycles. The number of morpholine rings is 1. The maximum Gasteiger partial charge on any atom is 0.143 e. The van der Waals surface area contributed by atoms with Crippen molar-refractivity contribution in [2.75, 3.05) is 32.8 Å². The average Bonchev–Trinajstić information content (AvgIpc) is 2.34. The number of aromatic hydroxyl groups is 1. The van der Waals surface area contributed by atoms with Crippen LogP contribution in [0.1, 0.15) is 5.56 Å². The highest BCUT2D eigenvalue weighted by molar-refractivity contribution is 9.11. The third kappa shape index (κ3) is 3.68. The van der Waals surface area contributed by atoms with Crippen molar-refractivity contribution < 1.29 is 9.84 Å². The predicted molar refractivity (Wildman–Crippen MR) is 74.5 cm³/mol. The molecule has 94 valence electrons. The van der Waals surface area contributed by atoms with E-state index in [2.05, 4.69) is 36.8 Å². The molecule has 3 nitrogen and oxygen atoms in total. The Kier molecular flexibility index (Phi) is 4.85. The van der Waals surface area contributed by atoms with Crippen LogP contribution in [0.15, 0.2) is 21.1 Å². The van der Waals surface area contributed by atoms with Crippen molar-refractivity contribution in [2.24, 2.45) is 0 Å². The second-order valence-electron chi connectivity index (χ2n) is 4.11. The van der Waals surface area contributed by atoms with E-state index in [1.807, 2.05) is 12.1 Å². The Morgan fingerprint density at radius 1 is 1.18 bits per heavy atom. The molecule has 0 saturated carbocycles. The van der Waals surface area contributed by atoms with Crippen LogP contribution in [0.3, 0.4) is 0 Å². The van der Waals surface area contributed by atoms with Gasteiger partial charge in [0.1, 0.15) is 5.75 Å². The zero-order chi connectivity index (χ0) is 12.3. The second-order valence-corrected chi connectivity index (χ2v) is 5.82. The summed E-state index contributed by atoms with van der Waals surface area (Å²) in [7, 11) is 0. The van der Waals surface area contributed by atoms with Gasteiger partial charge in [-0.2, -0.15) is 0 Å². The average molecular weight is 365 g/mol. The van der Waals surface area contributed by atoms with E-state index in [9.17, 15) is 5.11 Å². The summed E-state index contributed by atoms with van der Waals surface area (Å²) in [6.45, 7) is 4.74. The van der Waals surface area contributed by atoms with Crippen molar-refractivity contribution >= 4 is 31.9 Å². The number of rotatable bonds is 3. The van der Waals surface area contributed by atoms with E-state index in [1.165, 1.54) is 5.56 Å². The molecule has 1 aliphatic heterocycles. The van der Waals surface area contributed by atoms with E-state index in [0.29, 0.717) is 0 Å². The van der Waals surface area contributed by atoms with Gasteiger partial charge < -0.3 is 9.84 Å². The van der Waals surface area contributed by atoms with E-state index in [-0.39, 0.29) is 5.75 Å². The Balaban J connectivity index is 1.94. The van der Waals surface area contributed by atoms with Crippen LogP contribution in [-0.4, -0.2) is 42.9 Å². The first-order valence-electron chi connectivity index (χ1n) is 5.64. The lowest BCUT2D eigenvalue weighted by Gasteiger charge is -2.26. The minimum Gasteiger partial charge on any atom is -0.506 e. The first-order valence-corrected chi connectivity index (χ1v) is 7.22. The molecular formula is C12H15Br2NO2. The lowest BCUT2D eigenvalue weighted by atomic mass is 10.1. The van der Waals surface area contributed by atoms with Crippen molar-refractivity contribution in [3.63, 3.8) is 0 Å². The molecule has 0 bridgehead atoms. The number of hydrogen-bond acceptors (Lipinski definition) is 3. The summed E-state index contributed by atoms with van der Waals surface area (Å²) in [5.74, 6) is 0.264. The number of nitrogens with zero attached hydrogens (tertiary/aromatic N) is 1. The van der Waals surface area contributed by atoms with E-state index < -0.39 is 0 Å². The summed E-state index contributed by atoms with van der Waals surface area (Å²) in [5.41, 5.74) is 1.22. The van der Waals surface area contributed by atoms with Crippen LogP contribution in [0, 0.1) is 0 Å². The Labute approximate surface area is 118 Å². The lowest BCUT2D eigenvalue weighted by Crippen LogP contribution is -2.37. The fraction of sp³-hybridized carbons (Fsp3) is 0.500. The maximum absolute atomic E-state index is 9.63. The van der Waals surface area contributed by atoms with E-state index >= 15 is 0 Å². The first-order chi connectivity index (χ1) is 8.16. The number of phenolic OH excluding ortho intramolecular Hbond substituents is 1. The van der Waals surface area contributed by atoms with Gasteiger partial charge in [0, 0.05) is 19.6 Å². The molecule has 0 aromatic heterocycles. The highest BCUT2D eigenvalue weighted by atomic mass is 79.9. The fourth-order valence-electron chi connectivity index (χ4n) is 1.87. The number of halogens is 2. The van der Waals surface area contributed by atoms with Gasteiger partial charge in [-0.3, -0.25) is 4.90 Å². The molecule has 1 aliphatic rings. The molecule has 0 unspecified atom stereocenters. The summed E-state index contributed by atoms with van der Waals surface area (Å²) >= 11 is 6.70. The van der Waals surface area contributed by atoms with Crippen molar-refractivity contribution in [1.82, 2.24) is 4.90 Å². The Morgan fingerprint density at radius 2 is 1.76 bits per heavy atom. The number of phenols is 1. The Hall–Kier alpha value is -0.100. The number of ether oxygens (including phenoxy) is 1. The lowest BCUT2D eigenvalue weighted by molar-refractivity contribution is 0.0384. The zero-order valence-electron chi connectivity index (χ0n) is 9.46. The van der Waals surface area contributed by atoms with Crippen LogP contribution in [0.25, 0.3) is 0 Å². The van der Waals surface area contributed by atoms with Crippen LogP contribution < -0.4 is 0 Å². The van der Waals surface area contributed by atoms with Gasteiger partial charge in [0.25, 0.3) is 0 Å². The van der Waals surface area contributed by atoms with Crippen LogP contribution in [0.2, 0.25) is 0 Å². The van der Waals surface area contributed by atoms with Gasteiger partial charge in [0.05, 0.1) is 22.2 Å². The molecule has 0 amide bonds. The molecule has 1 aromatic rings. The Bertz CT molecular complexity index is 369. The minimum absolute atomic E-state index is 0.264. The topological polar surface area (TPSA) is 32.7 Å². The summed E-state index contributed by atoms with van der Waals surface area (Å²) in [6.07, 6.45) is 0.984. The molecule has 2 rings (SSSR count). The van der Waals surface area contributed by atoms with Gasteiger partial charge in [0.2, 0.25) is 0 Å². The van der Waals surface area contributed by atoms with Crippen molar-refractivity contribution in [3.05, 3.63) is 26.6 Å². The van der Waals surface area contributed by atoms with Crippen molar-refractivity contribution in [1.29, 1.82) is 0 Å². The standard InChI is InChI=1S/C12H15Br2NO2/c13-10-7-9(8-11(14)12(10)16)1-2-15-3-5-17-6-4-15/h7-8,16H,1-6H2. The van der Waals surface area contributed by atoms with Crippen LogP contribution >= 0.6 is 31.9 Å². The van der Waals surface area contributed by atoms with Crippen molar-refractivity contribution in [3.8, 4) is 5.75 Å². The van der Waals surface area contributed by atoms with E-state index in [4.69, 9.17) is 4.74 Å². The van der Waals surface area contributed by atoms with Gasteiger partial charge in [-0.15, -0.1) is 0 Å². The fourth-order valence-corrected chi connectivity index (χ4v) is 3.16. The minimum atomic E-state index is 0.264. The molecule has 17 heavy (non-hydrogen) atoms. The second kappa shape index (κ2) is 6.18. The molecule has 1 fully saturated rings. The molecule has 1 N–H and O–H groups in total. The summed E-state index contributed by atoms with van der Waals surface area (Å²) < 4.78 is 6.80. The number of hydrogen-bond donors (Lipinski definition) is 1. The first kappa shape index (κ1) is 13.3. The third-order valence-corrected chi connectivity index (χ3v) is 4.11.